The Labute approximate surface area is 145 Å². The fraction of sp³-hybridized carbons (Fsp3) is 0.474. The zero-order chi connectivity index (χ0) is 17.4. The molecule has 0 spiro atoms. The maximum atomic E-state index is 12.9. The molecule has 1 aromatic carbocycles. The number of piperidine rings is 1. The van der Waals surface area contributed by atoms with Crippen LogP contribution in [0.4, 0.5) is 0 Å². The van der Waals surface area contributed by atoms with Crippen molar-refractivity contribution in [3.63, 3.8) is 0 Å². The predicted molar refractivity (Wildman–Crippen MR) is 92.5 cm³/mol. The highest BCUT2D eigenvalue weighted by Crippen LogP contribution is 2.32. The van der Waals surface area contributed by atoms with Gasteiger partial charge < -0.3 is 19.7 Å². The molecule has 2 atom stereocenters. The summed E-state index contributed by atoms with van der Waals surface area (Å²) in [5, 5.41) is 10.0. The standard InChI is InChI=1S/C19H22N2O4/c22-18(14-2-1-3-15-13(14)6-9-20-15)21-10-7-12(8-11-21)16-4-5-17(25-16)19(23)24/h1-3,6,9,12,16-17,20H,4-5,7-8,10-11H2,(H,23,24)/t16-,17+/m0/s1. The number of hydrogen-bond acceptors (Lipinski definition) is 3. The van der Waals surface area contributed by atoms with Crippen LogP contribution >= 0.6 is 0 Å². The van der Waals surface area contributed by atoms with Gasteiger partial charge in [0.15, 0.2) is 6.10 Å². The van der Waals surface area contributed by atoms with Crippen LogP contribution in [0.1, 0.15) is 36.0 Å². The summed E-state index contributed by atoms with van der Waals surface area (Å²) < 4.78 is 5.68. The Balaban J connectivity index is 1.40. The van der Waals surface area contributed by atoms with E-state index in [1.165, 1.54) is 0 Å². The number of H-pyrrole nitrogens is 1. The number of hydrogen-bond donors (Lipinski definition) is 2. The number of carbonyl (C=O) groups is 2. The van der Waals surface area contributed by atoms with E-state index < -0.39 is 12.1 Å². The second-order valence-corrected chi connectivity index (χ2v) is 6.95. The van der Waals surface area contributed by atoms with E-state index in [1.807, 2.05) is 35.4 Å². The van der Waals surface area contributed by atoms with E-state index in [0.29, 0.717) is 25.4 Å². The molecule has 0 bridgehead atoms. The van der Waals surface area contributed by atoms with Crippen LogP contribution < -0.4 is 0 Å². The van der Waals surface area contributed by atoms with Crippen molar-refractivity contribution in [1.29, 1.82) is 0 Å². The van der Waals surface area contributed by atoms with Crippen LogP contribution in [0.5, 0.6) is 0 Å². The van der Waals surface area contributed by atoms with Gasteiger partial charge in [-0.3, -0.25) is 4.79 Å². The van der Waals surface area contributed by atoms with Crippen molar-refractivity contribution in [2.24, 2.45) is 5.92 Å². The molecule has 2 saturated heterocycles. The van der Waals surface area contributed by atoms with Gasteiger partial charge in [0, 0.05) is 35.8 Å². The highest BCUT2D eigenvalue weighted by molar-refractivity contribution is 6.06. The summed E-state index contributed by atoms with van der Waals surface area (Å²) in [7, 11) is 0. The fourth-order valence-corrected chi connectivity index (χ4v) is 4.11. The third kappa shape index (κ3) is 3.02. The average molecular weight is 342 g/mol. The first-order chi connectivity index (χ1) is 12.1. The van der Waals surface area contributed by atoms with Gasteiger partial charge in [-0.1, -0.05) is 6.07 Å². The molecule has 132 valence electrons. The molecular weight excluding hydrogens is 320 g/mol. The van der Waals surface area contributed by atoms with Crippen LogP contribution in [0.15, 0.2) is 30.5 Å². The normalized spacial score (nSPS) is 24.7. The molecule has 4 rings (SSSR count). The van der Waals surface area contributed by atoms with E-state index in [0.717, 1.165) is 35.7 Å². The van der Waals surface area contributed by atoms with Crippen LogP contribution in [0.2, 0.25) is 0 Å². The van der Waals surface area contributed by atoms with Gasteiger partial charge in [-0.05, 0) is 49.8 Å². The first-order valence-corrected chi connectivity index (χ1v) is 8.87. The van der Waals surface area contributed by atoms with E-state index in [-0.39, 0.29) is 12.0 Å². The van der Waals surface area contributed by atoms with Crippen molar-refractivity contribution in [2.75, 3.05) is 13.1 Å². The lowest BCUT2D eigenvalue weighted by atomic mass is 9.89. The van der Waals surface area contributed by atoms with Crippen molar-refractivity contribution in [3.8, 4) is 0 Å². The van der Waals surface area contributed by atoms with Crippen LogP contribution in [-0.4, -0.2) is 52.2 Å². The number of carbonyl (C=O) groups excluding carboxylic acids is 1. The van der Waals surface area contributed by atoms with E-state index in [2.05, 4.69) is 4.98 Å². The molecule has 1 amide bonds. The molecule has 3 heterocycles. The number of carboxylic acids is 1. The SMILES string of the molecule is O=C(O)[C@H]1CC[C@@H](C2CCN(C(=O)c3cccc4[nH]ccc34)CC2)O1. The largest absolute Gasteiger partial charge is 0.479 e. The molecule has 1 aromatic heterocycles. The van der Waals surface area contributed by atoms with Crippen molar-refractivity contribution < 1.29 is 19.4 Å². The third-order valence-corrected chi connectivity index (χ3v) is 5.51. The summed E-state index contributed by atoms with van der Waals surface area (Å²) in [5.41, 5.74) is 1.71. The summed E-state index contributed by atoms with van der Waals surface area (Å²) in [6.45, 7) is 1.39. The Morgan fingerprint density at radius 1 is 1.12 bits per heavy atom. The van der Waals surface area contributed by atoms with Crippen LogP contribution in [0, 0.1) is 5.92 Å². The molecule has 2 aromatic rings. The zero-order valence-electron chi connectivity index (χ0n) is 14.0. The zero-order valence-corrected chi connectivity index (χ0v) is 14.0. The number of aromatic amines is 1. The highest BCUT2D eigenvalue weighted by atomic mass is 16.5. The maximum absolute atomic E-state index is 12.9. The van der Waals surface area contributed by atoms with Gasteiger partial charge in [0.05, 0.1) is 6.10 Å². The number of aliphatic carboxylic acids is 1. The molecule has 2 N–H and O–H groups in total. The van der Waals surface area contributed by atoms with Gasteiger partial charge in [-0.2, -0.15) is 0 Å². The molecule has 0 aliphatic carbocycles. The number of aromatic nitrogens is 1. The van der Waals surface area contributed by atoms with Crippen LogP contribution in [0.3, 0.4) is 0 Å². The summed E-state index contributed by atoms with van der Waals surface area (Å²) in [5.74, 6) is -0.453. The van der Waals surface area contributed by atoms with E-state index >= 15 is 0 Å². The Hall–Kier alpha value is -2.34. The molecule has 6 heteroatoms. The van der Waals surface area contributed by atoms with Crippen LogP contribution in [-0.2, 0) is 9.53 Å². The van der Waals surface area contributed by atoms with Gasteiger partial charge in [0.1, 0.15) is 0 Å². The van der Waals surface area contributed by atoms with Gasteiger partial charge in [-0.15, -0.1) is 0 Å². The van der Waals surface area contributed by atoms with E-state index in [4.69, 9.17) is 9.84 Å². The van der Waals surface area contributed by atoms with Crippen molar-refractivity contribution in [3.05, 3.63) is 36.0 Å². The lowest BCUT2D eigenvalue weighted by molar-refractivity contribution is -0.150. The minimum absolute atomic E-state index is 0.0199. The second kappa shape index (κ2) is 6.52. The number of carboxylic acid groups (broad SMARTS) is 1. The monoisotopic (exact) mass is 342 g/mol. The number of nitrogens with one attached hydrogen (secondary N) is 1. The van der Waals surface area contributed by atoms with Gasteiger partial charge in [-0.25, -0.2) is 4.79 Å². The smallest absolute Gasteiger partial charge is 0.332 e. The maximum Gasteiger partial charge on any atom is 0.332 e. The summed E-state index contributed by atoms with van der Waals surface area (Å²) in [6.07, 6.45) is 4.34. The minimum Gasteiger partial charge on any atom is -0.479 e. The molecule has 25 heavy (non-hydrogen) atoms. The summed E-state index contributed by atoms with van der Waals surface area (Å²) in [6, 6.07) is 7.68. The average Bonchev–Trinajstić information content (AvgIpc) is 3.30. The lowest BCUT2D eigenvalue weighted by Gasteiger charge is -2.34. The number of nitrogens with zero attached hydrogens (tertiary/aromatic N) is 1. The van der Waals surface area contributed by atoms with Crippen molar-refractivity contribution in [1.82, 2.24) is 9.88 Å². The molecule has 0 saturated carbocycles. The molecule has 0 unspecified atom stereocenters. The van der Waals surface area contributed by atoms with E-state index in [1.54, 1.807) is 0 Å². The second-order valence-electron chi connectivity index (χ2n) is 6.95. The summed E-state index contributed by atoms with van der Waals surface area (Å²) >= 11 is 0. The first kappa shape index (κ1) is 16.1. The number of benzene rings is 1. The Morgan fingerprint density at radius 2 is 1.92 bits per heavy atom. The Kier molecular flexibility index (Phi) is 4.21. The Morgan fingerprint density at radius 3 is 2.64 bits per heavy atom. The number of amides is 1. The lowest BCUT2D eigenvalue weighted by Crippen LogP contribution is -2.41. The molecule has 0 radical (unpaired) electrons. The quantitative estimate of drug-likeness (QED) is 0.898. The number of rotatable bonds is 3. The third-order valence-electron chi connectivity index (χ3n) is 5.51. The van der Waals surface area contributed by atoms with E-state index in [9.17, 15) is 9.59 Å². The van der Waals surface area contributed by atoms with Gasteiger partial charge in [0.2, 0.25) is 0 Å². The van der Waals surface area contributed by atoms with Crippen molar-refractivity contribution >= 4 is 22.8 Å². The predicted octanol–water partition coefficient (Wildman–Crippen LogP) is 2.65. The molecule has 2 fully saturated rings. The molecule has 2 aliphatic heterocycles. The molecular formula is C19H22N2O4. The first-order valence-electron chi connectivity index (χ1n) is 8.87. The van der Waals surface area contributed by atoms with Crippen molar-refractivity contribution in [2.45, 2.75) is 37.9 Å². The van der Waals surface area contributed by atoms with Gasteiger partial charge >= 0.3 is 5.97 Å². The summed E-state index contributed by atoms with van der Waals surface area (Å²) in [4.78, 5) is 29.0. The van der Waals surface area contributed by atoms with Crippen LogP contribution in [0.25, 0.3) is 10.9 Å². The van der Waals surface area contributed by atoms with Gasteiger partial charge in [0.25, 0.3) is 5.91 Å². The number of fused-ring (bicyclic) bond motifs is 1. The Bertz CT molecular complexity index is 792. The topological polar surface area (TPSA) is 82.6 Å². The molecule has 2 aliphatic rings. The minimum atomic E-state index is -0.866. The molecule has 6 nitrogen and oxygen atoms in total. The number of ether oxygens (including phenoxy) is 1. The highest BCUT2D eigenvalue weighted by Gasteiger charge is 2.37. The number of likely N-dealkylation sites (tertiary alicyclic amines) is 1. The fourth-order valence-electron chi connectivity index (χ4n) is 4.11.